The predicted octanol–water partition coefficient (Wildman–Crippen LogP) is 2.37. The molecule has 1 atom stereocenters. The average molecular weight is 304 g/mol. The molecule has 2 saturated heterocycles. The number of urea groups is 1. The van der Waals surface area contributed by atoms with E-state index in [0.717, 1.165) is 51.3 Å². The number of amides is 2. The van der Waals surface area contributed by atoms with Gasteiger partial charge in [0.1, 0.15) is 5.75 Å². The molecule has 0 bridgehead atoms. The number of ether oxygens (including phenoxy) is 2. The molecule has 0 spiro atoms. The second-order valence-corrected chi connectivity index (χ2v) is 6.04. The Morgan fingerprint density at radius 2 is 1.95 bits per heavy atom. The van der Waals surface area contributed by atoms with E-state index in [2.05, 4.69) is 17.4 Å². The summed E-state index contributed by atoms with van der Waals surface area (Å²) in [6, 6.07) is 8.51. The van der Waals surface area contributed by atoms with Crippen LogP contribution in [0.25, 0.3) is 0 Å². The first-order valence-electron chi connectivity index (χ1n) is 8.03. The minimum absolute atomic E-state index is 0.0721. The number of nitrogens with zero attached hydrogens (tertiary/aromatic N) is 1. The lowest BCUT2D eigenvalue weighted by molar-refractivity contribution is 0.0785. The Labute approximate surface area is 131 Å². The number of carbonyl (C=O) groups is 1. The van der Waals surface area contributed by atoms with Gasteiger partial charge in [0.05, 0.1) is 7.11 Å². The first-order valence-corrected chi connectivity index (χ1v) is 8.03. The number of carbonyl (C=O) groups excluding carboxylic acids is 1. The second-order valence-electron chi connectivity index (χ2n) is 6.04. The molecule has 1 aromatic rings. The molecule has 3 rings (SSSR count). The third-order valence-corrected chi connectivity index (χ3v) is 4.61. The van der Waals surface area contributed by atoms with Gasteiger partial charge in [-0.2, -0.15) is 0 Å². The molecular weight excluding hydrogens is 280 g/mol. The lowest BCUT2D eigenvalue weighted by Crippen LogP contribution is -2.45. The molecule has 0 radical (unpaired) electrons. The smallest absolute Gasteiger partial charge is 0.317 e. The lowest BCUT2D eigenvalue weighted by atomic mass is 9.98. The largest absolute Gasteiger partial charge is 0.497 e. The molecule has 2 amide bonds. The highest BCUT2D eigenvalue weighted by molar-refractivity contribution is 5.75. The monoisotopic (exact) mass is 304 g/mol. The number of rotatable bonds is 3. The van der Waals surface area contributed by atoms with Gasteiger partial charge >= 0.3 is 6.03 Å². The van der Waals surface area contributed by atoms with Crippen molar-refractivity contribution in [2.24, 2.45) is 0 Å². The predicted molar refractivity (Wildman–Crippen MR) is 84.3 cm³/mol. The SMILES string of the molecule is COc1ccc([C@H]2CCN(C(=O)NC3CCOCC3)C2)cc1. The van der Waals surface area contributed by atoms with Crippen molar-refractivity contribution in [3.8, 4) is 5.75 Å². The van der Waals surface area contributed by atoms with Crippen LogP contribution >= 0.6 is 0 Å². The zero-order valence-corrected chi connectivity index (χ0v) is 13.1. The van der Waals surface area contributed by atoms with E-state index < -0.39 is 0 Å². The van der Waals surface area contributed by atoms with Crippen molar-refractivity contribution >= 4 is 6.03 Å². The summed E-state index contributed by atoms with van der Waals surface area (Å²) in [7, 11) is 1.67. The average Bonchev–Trinajstić information content (AvgIpc) is 3.06. The number of benzene rings is 1. The quantitative estimate of drug-likeness (QED) is 0.933. The van der Waals surface area contributed by atoms with Gasteiger partial charge in [-0.3, -0.25) is 0 Å². The fraction of sp³-hybridized carbons (Fsp3) is 0.588. The molecule has 2 heterocycles. The molecule has 120 valence electrons. The van der Waals surface area contributed by atoms with Crippen molar-refractivity contribution in [2.75, 3.05) is 33.4 Å². The summed E-state index contributed by atoms with van der Waals surface area (Å²) in [4.78, 5) is 14.3. The van der Waals surface area contributed by atoms with Gasteiger partial charge in [0.25, 0.3) is 0 Å². The molecule has 5 heteroatoms. The van der Waals surface area contributed by atoms with Gasteiger partial charge < -0.3 is 19.7 Å². The van der Waals surface area contributed by atoms with E-state index in [9.17, 15) is 4.79 Å². The maximum Gasteiger partial charge on any atom is 0.317 e. The standard InChI is InChI=1S/C17H24N2O3/c1-21-16-4-2-13(3-5-16)14-6-9-19(12-14)17(20)18-15-7-10-22-11-8-15/h2-5,14-15H,6-12H2,1H3,(H,18,20)/t14-/m0/s1. The molecule has 0 saturated carbocycles. The molecule has 22 heavy (non-hydrogen) atoms. The van der Waals surface area contributed by atoms with Crippen LogP contribution in [0.1, 0.15) is 30.7 Å². The number of likely N-dealkylation sites (tertiary alicyclic amines) is 1. The second kappa shape index (κ2) is 7.01. The third-order valence-electron chi connectivity index (χ3n) is 4.61. The van der Waals surface area contributed by atoms with Crippen LogP contribution in [0.5, 0.6) is 5.75 Å². The van der Waals surface area contributed by atoms with E-state index >= 15 is 0 Å². The molecule has 0 aromatic heterocycles. The molecular formula is C17H24N2O3. The Hall–Kier alpha value is -1.75. The van der Waals surface area contributed by atoms with Gasteiger partial charge in [0.2, 0.25) is 0 Å². The van der Waals surface area contributed by atoms with Crippen molar-refractivity contribution in [2.45, 2.75) is 31.2 Å². The molecule has 0 unspecified atom stereocenters. The van der Waals surface area contributed by atoms with Gasteiger partial charge in [0.15, 0.2) is 0 Å². The highest BCUT2D eigenvalue weighted by atomic mass is 16.5. The normalized spacial score (nSPS) is 22.6. The third kappa shape index (κ3) is 3.53. The van der Waals surface area contributed by atoms with Gasteiger partial charge in [-0.1, -0.05) is 12.1 Å². The van der Waals surface area contributed by atoms with Crippen LogP contribution in [-0.2, 0) is 4.74 Å². The van der Waals surface area contributed by atoms with Crippen molar-refractivity contribution in [1.82, 2.24) is 10.2 Å². The highest BCUT2D eigenvalue weighted by Crippen LogP contribution is 2.28. The maximum absolute atomic E-state index is 12.3. The highest BCUT2D eigenvalue weighted by Gasteiger charge is 2.28. The molecule has 1 N–H and O–H groups in total. The minimum Gasteiger partial charge on any atom is -0.497 e. The zero-order chi connectivity index (χ0) is 15.4. The van der Waals surface area contributed by atoms with Gasteiger partial charge in [-0.15, -0.1) is 0 Å². The van der Waals surface area contributed by atoms with E-state index in [1.807, 2.05) is 17.0 Å². The van der Waals surface area contributed by atoms with Gasteiger partial charge in [-0.25, -0.2) is 4.79 Å². The first-order chi connectivity index (χ1) is 10.8. The Bertz CT molecular complexity index is 497. The first kappa shape index (κ1) is 15.2. The van der Waals surface area contributed by atoms with Crippen LogP contribution in [0.3, 0.4) is 0 Å². The van der Waals surface area contributed by atoms with Gasteiger partial charge in [-0.05, 0) is 37.0 Å². The molecule has 2 aliphatic heterocycles. The van der Waals surface area contributed by atoms with Crippen LogP contribution in [0.4, 0.5) is 4.79 Å². The van der Waals surface area contributed by atoms with Gasteiger partial charge in [0, 0.05) is 38.3 Å². The summed E-state index contributed by atoms with van der Waals surface area (Å²) in [5, 5.41) is 3.14. The number of hydrogen-bond donors (Lipinski definition) is 1. The maximum atomic E-state index is 12.3. The number of nitrogens with one attached hydrogen (secondary N) is 1. The van der Waals surface area contributed by atoms with Crippen molar-refractivity contribution in [1.29, 1.82) is 0 Å². The Morgan fingerprint density at radius 3 is 2.64 bits per heavy atom. The molecule has 2 aliphatic rings. The number of methoxy groups -OCH3 is 1. The summed E-state index contributed by atoms with van der Waals surface area (Å²) < 4.78 is 10.5. The zero-order valence-electron chi connectivity index (χ0n) is 13.1. The summed E-state index contributed by atoms with van der Waals surface area (Å²) in [6.07, 6.45) is 2.86. The summed E-state index contributed by atoms with van der Waals surface area (Å²) in [6.45, 7) is 3.12. The van der Waals surface area contributed by atoms with Crippen LogP contribution in [0, 0.1) is 0 Å². The van der Waals surface area contributed by atoms with Crippen LogP contribution in [0.15, 0.2) is 24.3 Å². The van der Waals surface area contributed by atoms with Crippen LogP contribution in [-0.4, -0.2) is 50.4 Å². The van der Waals surface area contributed by atoms with Crippen LogP contribution < -0.4 is 10.1 Å². The lowest BCUT2D eigenvalue weighted by Gasteiger charge is -2.26. The number of hydrogen-bond acceptors (Lipinski definition) is 3. The van der Waals surface area contributed by atoms with Crippen molar-refractivity contribution < 1.29 is 14.3 Å². The van der Waals surface area contributed by atoms with E-state index in [-0.39, 0.29) is 12.1 Å². The Balaban J connectivity index is 1.53. The van der Waals surface area contributed by atoms with E-state index in [1.54, 1.807) is 7.11 Å². The van der Waals surface area contributed by atoms with Crippen LogP contribution in [0.2, 0.25) is 0 Å². The summed E-state index contributed by atoms with van der Waals surface area (Å²) >= 11 is 0. The Morgan fingerprint density at radius 1 is 1.23 bits per heavy atom. The molecule has 2 fully saturated rings. The summed E-state index contributed by atoms with van der Waals surface area (Å²) in [5.41, 5.74) is 1.28. The topological polar surface area (TPSA) is 50.8 Å². The fourth-order valence-electron chi connectivity index (χ4n) is 3.20. The van der Waals surface area contributed by atoms with E-state index in [4.69, 9.17) is 9.47 Å². The summed E-state index contributed by atoms with van der Waals surface area (Å²) in [5.74, 6) is 1.29. The Kier molecular flexibility index (Phi) is 4.83. The van der Waals surface area contributed by atoms with E-state index in [1.165, 1.54) is 5.56 Å². The minimum atomic E-state index is 0.0721. The van der Waals surface area contributed by atoms with Crippen molar-refractivity contribution in [3.63, 3.8) is 0 Å². The molecule has 0 aliphatic carbocycles. The van der Waals surface area contributed by atoms with Crippen molar-refractivity contribution in [3.05, 3.63) is 29.8 Å². The fourth-order valence-corrected chi connectivity index (χ4v) is 3.20. The van der Waals surface area contributed by atoms with E-state index in [0.29, 0.717) is 5.92 Å². The molecule has 5 nitrogen and oxygen atoms in total. The molecule has 1 aromatic carbocycles.